The molecule has 0 radical (unpaired) electrons. The van der Waals surface area contributed by atoms with Gasteiger partial charge in [0.25, 0.3) is 0 Å². The van der Waals surface area contributed by atoms with Gasteiger partial charge in [0, 0.05) is 57.5 Å². The van der Waals surface area contributed by atoms with E-state index in [2.05, 4.69) is 53.9 Å². The van der Waals surface area contributed by atoms with E-state index in [9.17, 15) is 5.11 Å². The fraction of sp³-hybridized carbons (Fsp3) is 0.579. The van der Waals surface area contributed by atoms with Gasteiger partial charge in [0.05, 0.1) is 5.60 Å². The molecule has 0 unspecified atom stereocenters. The lowest BCUT2D eigenvalue weighted by Crippen LogP contribution is -2.51. The Labute approximate surface area is 138 Å². The number of aryl methyl sites for hydroxylation is 1. The third kappa shape index (κ3) is 3.30. The molecule has 1 aliphatic heterocycles. The van der Waals surface area contributed by atoms with Crippen LogP contribution in [0.2, 0.25) is 0 Å². The molecule has 4 nitrogen and oxygen atoms in total. The lowest BCUT2D eigenvalue weighted by Gasteiger charge is -2.43. The second kappa shape index (κ2) is 6.63. The average Bonchev–Trinajstić information content (AvgIpc) is 2.92. The summed E-state index contributed by atoms with van der Waals surface area (Å²) >= 11 is 0. The number of ether oxygens (including phenoxy) is 1. The number of rotatable bonds is 5. The fourth-order valence-corrected chi connectivity index (χ4v) is 3.79. The van der Waals surface area contributed by atoms with E-state index in [1.807, 2.05) is 0 Å². The largest absolute Gasteiger partial charge is 0.389 e. The van der Waals surface area contributed by atoms with Gasteiger partial charge in [-0.15, -0.1) is 0 Å². The monoisotopic (exact) mass is 316 g/mol. The molecule has 1 aromatic heterocycles. The summed E-state index contributed by atoms with van der Waals surface area (Å²) in [4.78, 5) is 2.47. The first-order valence-corrected chi connectivity index (χ1v) is 8.50. The summed E-state index contributed by atoms with van der Waals surface area (Å²) in [5.41, 5.74) is 2.08. The van der Waals surface area contributed by atoms with Crippen LogP contribution >= 0.6 is 0 Å². The number of piperidine rings is 1. The molecule has 2 aromatic rings. The summed E-state index contributed by atoms with van der Waals surface area (Å²) in [5.74, 6) is 0.265. The van der Waals surface area contributed by atoms with E-state index in [0.717, 1.165) is 32.5 Å². The molecule has 0 spiro atoms. The molecule has 0 aliphatic carbocycles. The van der Waals surface area contributed by atoms with Gasteiger partial charge in [-0.25, -0.2) is 0 Å². The van der Waals surface area contributed by atoms with Gasteiger partial charge in [-0.05, 0) is 36.5 Å². The molecule has 0 bridgehead atoms. The Morgan fingerprint density at radius 2 is 2.17 bits per heavy atom. The third-order valence-electron chi connectivity index (χ3n) is 5.46. The van der Waals surface area contributed by atoms with Crippen LogP contribution in [0.1, 0.15) is 25.3 Å². The number of methoxy groups -OCH3 is 1. The van der Waals surface area contributed by atoms with E-state index < -0.39 is 5.60 Å². The minimum atomic E-state index is -0.578. The molecule has 1 N–H and O–H groups in total. The molecular weight excluding hydrogens is 288 g/mol. The predicted octanol–water partition coefficient (Wildman–Crippen LogP) is 2.79. The molecule has 126 valence electrons. The Hall–Kier alpha value is -1.36. The number of fused-ring (bicyclic) bond motifs is 1. The van der Waals surface area contributed by atoms with Crippen LogP contribution in [-0.4, -0.2) is 47.0 Å². The summed E-state index contributed by atoms with van der Waals surface area (Å²) in [6.45, 7) is 5.61. The van der Waals surface area contributed by atoms with Crippen molar-refractivity contribution in [1.29, 1.82) is 0 Å². The van der Waals surface area contributed by atoms with Gasteiger partial charge in [-0.2, -0.15) is 0 Å². The number of aliphatic hydroxyl groups is 1. The molecule has 1 saturated heterocycles. The average molecular weight is 316 g/mol. The van der Waals surface area contributed by atoms with Crippen LogP contribution in [0.3, 0.4) is 0 Å². The zero-order valence-corrected chi connectivity index (χ0v) is 14.5. The highest BCUT2D eigenvalue weighted by Crippen LogP contribution is 2.32. The normalized spacial score (nSPS) is 26.0. The summed E-state index contributed by atoms with van der Waals surface area (Å²) in [6, 6.07) is 8.73. The van der Waals surface area contributed by atoms with Crippen molar-refractivity contribution in [3.05, 3.63) is 36.0 Å². The lowest BCUT2D eigenvalue weighted by atomic mass is 9.80. The van der Waals surface area contributed by atoms with Gasteiger partial charge in [0.2, 0.25) is 0 Å². The Bertz CT molecular complexity index is 666. The molecule has 23 heavy (non-hydrogen) atoms. The van der Waals surface area contributed by atoms with Crippen molar-refractivity contribution < 1.29 is 9.84 Å². The van der Waals surface area contributed by atoms with Crippen LogP contribution in [0.15, 0.2) is 30.5 Å². The highest BCUT2D eigenvalue weighted by atomic mass is 16.5. The highest BCUT2D eigenvalue weighted by Gasteiger charge is 2.38. The molecule has 2 atom stereocenters. The highest BCUT2D eigenvalue weighted by molar-refractivity contribution is 5.83. The SMILES string of the molecule is COCC[C@]1(O)CCN(Cc2cccc3c2ccn3C)C[C@H]1C. The van der Waals surface area contributed by atoms with Crippen LogP contribution in [0.25, 0.3) is 10.9 Å². The minimum absolute atomic E-state index is 0.265. The second-order valence-electron chi connectivity index (χ2n) is 7.01. The Morgan fingerprint density at radius 3 is 2.91 bits per heavy atom. The van der Waals surface area contributed by atoms with Gasteiger partial charge >= 0.3 is 0 Å². The minimum Gasteiger partial charge on any atom is -0.389 e. The maximum Gasteiger partial charge on any atom is 0.0719 e. The first-order chi connectivity index (χ1) is 11.0. The molecular formula is C19H28N2O2. The number of hydrogen-bond donors (Lipinski definition) is 1. The van der Waals surface area contributed by atoms with E-state index in [0.29, 0.717) is 6.61 Å². The Kier molecular flexibility index (Phi) is 4.76. The maximum atomic E-state index is 10.8. The Morgan fingerprint density at radius 1 is 1.35 bits per heavy atom. The van der Waals surface area contributed by atoms with Gasteiger partial charge in [0.15, 0.2) is 0 Å². The number of benzene rings is 1. The second-order valence-corrected chi connectivity index (χ2v) is 7.01. The van der Waals surface area contributed by atoms with E-state index in [1.165, 1.54) is 16.5 Å². The molecule has 4 heteroatoms. The zero-order chi connectivity index (χ0) is 16.4. The molecule has 1 aliphatic rings. The number of likely N-dealkylation sites (tertiary alicyclic amines) is 1. The van der Waals surface area contributed by atoms with Crippen molar-refractivity contribution in [2.75, 3.05) is 26.8 Å². The van der Waals surface area contributed by atoms with Crippen molar-refractivity contribution >= 4 is 10.9 Å². The summed E-state index contributed by atoms with van der Waals surface area (Å²) in [5, 5.41) is 12.2. The number of nitrogens with zero attached hydrogens (tertiary/aromatic N) is 2. The maximum absolute atomic E-state index is 10.8. The van der Waals surface area contributed by atoms with Crippen LogP contribution in [-0.2, 0) is 18.3 Å². The van der Waals surface area contributed by atoms with Crippen LogP contribution in [0.4, 0.5) is 0 Å². The number of hydrogen-bond acceptors (Lipinski definition) is 3. The van der Waals surface area contributed by atoms with Gasteiger partial charge < -0.3 is 14.4 Å². The van der Waals surface area contributed by atoms with E-state index >= 15 is 0 Å². The molecule has 1 fully saturated rings. The van der Waals surface area contributed by atoms with Crippen LogP contribution < -0.4 is 0 Å². The molecule has 3 rings (SSSR count). The number of aromatic nitrogens is 1. The topological polar surface area (TPSA) is 37.6 Å². The van der Waals surface area contributed by atoms with E-state index in [-0.39, 0.29) is 5.92 Å². The summed E-state index contributed by atoms with van der Waals surface area (Å²) in [7, 11) is 3.79. The molecule has 1 aromatic carbocycles. The first-order valence-electron chi connectivity index (χ1n) is 8.50. The van der Waals surface area contributed by atoms with Crippen molar-refractivity contribution in [3.63, 3.8) is 0 Å². The van der Waals surface area contributed by atoms with Gasteiger partial charge in [0.1, 0.15) is 0 Å². The van der Waals surface area contributed by atoms with Crippen molar-refractivity contribution in [2.24, 2.45) is 13.0 Å². The first kappa shape index (κ1) is 16.5. The van der Waals surface area contributed by atoms with E-state index in [4.69, 9.17) is 4.74 Å². The zero-order valence-electron chi connectivity index (χ0n) is 14.5. The Balaban J connectivity index is 1.70. The van der Waals surface area contributed by atoms with Gasteiger partial charge in [-0.3, -0.25) is 4.90 Å². The van der Waals surface area contributed by atoms with Crippen LogP contribution in [0, 0.1) is 5.92 Å². The van der Waals surface area contributed by atoms with Crippen molar-refractivity contribution in [3.8, 4) is 0 Å². The predicted molar refractivity (Wildman–Crippen MR) is 93.4 cm³/mol. The molecule has 0 amide bonds. The third-order valence-corrected chi connectivity index (χ3v) is 5.46. The van der Waals surface area contributed by atoms with Gasteiger partial charge in [-0.1, -0.05) is 19.1 Å². The summed E-state index contributed by atoms with van der Waals surface area (Å²) in [6.07, 6.45) is 3.67. The smallest absolute Gasteiger partial charge is 0.0719 e. The lowest BCUT2D eigenvalue weighted by molar-refractivity contribution is -0.0826. The van der Waals surface area contributed by atoms with E-state index in [1.54, 1.807) is 7.11 Å². The standard InChI is InChI=1S/C19H28N2O2/c1-15-13-21(11-8-19(15,22)9-12-23-3)14-16-5-4-6-18-17(16)7-10-20(18)2/h4-7,10,15,22H,8-9,11-14H2,1-3H3/t15-,19-/m1/s1. The van der Waals surface area contributed by atoms with Crippen molar-refractivity contribution in [2.45, 2.75) is 31.9 Å². The fourth-order valence-electron chi connectivity index (χ4n) is 3.79. The molecule has 0 saturated carbocycles. The quantitative estimate of drug-likeness (QED) is 0.922. The summed E-state index contributed by atoms with van der Waals surface area (Å²) < 4.78 is 7.32. The van der Waals surface area contributed by atoms with Crippen LogP contribution in [0.5, 0.6) is 0 Å². The molecule has 2 heterocycles. The van der Waals surface area contributed by atoms with Crippen molar-refractivity contribution in [1.82, 2.24) is 9.47 Å².